The van der Waals surface area contributed by atoms with Crippen LogP contribution in [0.4, 0.5) is 11.4 Å². The molecule has 156 valence electrons. The highest BCUT2D eigenvalue weighted by atomic mass is 16.2. The number of nitrogens with zero attached hydrogens (tertiary/aromatic N) is 2. The minimum Gasteiger partial charge on any atom is -0.398 e. The number of aromatic nitrogens is 1. The van der Waals surface area contributed by atoms with E-state index in [1.807, 2.05) is 17.0 Å². The highest BCUT2D eigenvalue weighted by molar-refractivity contribution is 6.04. The summed E-state index contributed by atoms with van der Waals surface area (Å²) in [6.45, 7) is 4.39. The maximum Gasteiger partial charge on any atom is 0.271 e. The number of benzene rings is 1. The number of carbonyl (C=O) groups excluding carboxylic acids is 2. The van der Waals surface area contributed by atoms with Crippen molar-refractivity contribution < 1.29 is 9.59 Å². The summed E-state index contributed by atoms with van der Waals surface area (Å²) in [4.78, 5) is 42.6. The third-order valence-electron chi connectivity index (χ3n) is 4.97. The fourth-order valence-corrected chi connectivity index (χ4v) is 3.23. The summed E-state index contributed by atoms with van der Waals surface area (Å²) in [5, 5.41) is 9.68. The predicted molar refractivity (Wildman–Crippen MR) is 117 cm³/mol. The molecule has 1 saturated heterocycles. The van der Waals surface area contributed by atoms with E-state index in [4.69, 9.17) is 11.1 Å². The van der Waals surface area contributed by atoms with Gasteiger partial charge in [-0.2, -0.15) is 0 Å². The average Bonchev–Trinajstić information content (AvgIpc) is 2.75. The lowest BCUT2D eigenvalue weighted by Crippen LogP contribution is -2.48. The number of amides is 2. The van der Waals surface area contributed by atoms with Gasteiger partial charge < -0.3 is 31.2 Å². The van der Waals surface area contributed by atoms with Crippen molar-refractivity contribution in [3.8, 4) is 0 Å². The Balaban J connectivity index is 1.69. The zero-order chi connectivity index (χ0) is 21.7. The van der Waals surface area contributed by atoms with E-state index in [1.54, 1.807) is 19.1 Å². The van der Waals surface area contributed by atoms with Gasteiger partial charge in [0.25, 0.3) is 11.5 Å². The number of hydrogen-bond acceptors (Lipinski definition) is 6. The molecule has 9 heteroatoms. The van der Waals surface area contributed by atoms with Gasteiger partial charge in [-0.25, -0.2) is 0 Å². The molecule has 1 aromatic heterocycles. The molecular weight excluding hydrogens is 384 g/mol. The molecule has 3 rings (SSSR count). The van der Waals surface area contributed by atoms with E-state index < -0.39 is 11.5 Å². The zero-order valence-electron chi connectivity index (χ0n) is 16.6. The predicted octanol–water partition coefficient (Wildman–Crippen LogP) is 1.24. The Labute approximate surface area is 173 Å². The number of piperazine rings is 1. The third-order valence-corrected chi connectivity index (χ3v) is 4.97. The number of nitrogens with one attached hydrogen (secondary N) is 3. The number of allylic oxidation sites excluding steroid dienone is 1. The Kier molecular flexibility index (Phi) is 6.31. The van der Waals surface area contributed by atoms with Crippen molar-refractivity contribution in [2.24, 2.45) is 5.73 Å². The van der Waals surface area contributed by atoms with Gasteiger partial charge >= 0.3 is 0 Å². The second kappa shape index (κ2) is 9.08. The Bertz CT molecular complexity index is 1030. The van der Waals surface area contributed by atoms with E-state index in [-0.39, 0.29) is 11.6 Å². The van der Waals surface area contributed by atoms with Crippen LogP contribution in [0.15, 0.2) is 47.4 Å². The van der Waals surface area contributed by atoms with Crippen LogP contribution in [-0.4, -0.2) is 54.1 Å². The first kappa shape index (κ1) is 20.8. The summed E-state index contributed by atoms with van der Waals surface area (Å²) >= 11 is 0. The SMILES string of the molecule is CC(=O)N1CCN(c2ccc(C(=O)Nc3cc(C(N)=CC=N)c[nH]c3=O)cc2)CC1. The van der Waals surface area contributed by atoms with E-state index in [0.29, 0.717) is 29.9 Å². The van der Waals surface area contributed by atoms with Crippen LogP contribution in [0.1, 0.15) is 22.8 Å². The molecule has 0 aliphatic carbocycles. The smallest absolute Gasteiger partial charge is 0.271 e. The average molecular weight is 408 g/mol. The number of carbonyl (C=O) groups is 2. The molecule has 1 fully saturated rings. The number of pyridine rings is 1. The van der Waals surface area contributed by atoms with Crippen LogP contribution in [0.3, 0.4) is 0 Å². The maximum absolute atomic E-state index is 12.6. The Morgan fingerprint density at radius 3 is 2.40 bits per heavy atom. The summed E-state index contributed by atoms with van der Waals surface area (Å²) < 4.78 is 0. The van der Waals surface area contributed by atoms with E-state index in [2.05, 4.69) is 15.2 Å². The van der Waals surface area contributed by atoms with Gasteiger partial charge in [0.2, 0.25) is 5.91 Å². The molecule has 9 nitrogen and oxygen atoms in total. The Hall–Kier alpha value is -3.88. The maximum atomic E-state index is 12.6. The molecule has 30 heavy (non-hydrogen) atoms. The lowest BCUT2D eigenvalue weighted by atomic mass is 10.1. The van der Waals surface area contributed by atoms with Crippen LogP contribution in [0, 0.1) is 5.41 Å². The lowest BCUT2D eigenvalue weighted by molar-refractivity contribution is -0.129. The van der Waals surface area contributed by atoms with Crippen LogP contribution < -0.4 is 21.5 Å². The van der Waals surface area contributed by atoms with E-state index in [0.717, 1.165) is 25.0 Å². The van der Waals surface area contributed by atoms with Crippen molar-refractivity contribution >= 4 is 35.1 Å². The van der Waals surface area contributed by atoms with Gasteiger partial charge in [-0.3, -0.25) is 14.4 Å². The van der Waals surface area contributed by atoms with Crippen molar-refractivity contribution in [2.75, 3.05) is 36.4 Å². The highest BCUT2D eigenvalue weighted by Gasteiger charge is 2.19. The van der Waals surface area contributed by atoms with Crippen LogP contribution in [-0.2, 0) is 4.79 Å². The van der Waals surface area contributed by atoms with E-state index >= 15 is 0 Å². The monoisotopic (exact) mass is 408 g/mol. The lowest BCUT2D eigenvalue weighted by Gasteiger charge is -2.35. The minimum atomic E-state index is -0.449. The number of hydrogen-bond donors (Lipinski definition) is 4. The van der Waals surface area contributed by atoms with Gasteiger partial charge in [0.15, 0.2) is 0 Å². The van der Waals surface area contributed by atoms with Crippen molar-refractivity contribution in [2.45, 2.75) is 6.92 Å². The molecule has 0 saturated carbocycles. The molecule has 1 aromatic carbocycles. The van der Waals surface area contributed by atoms with Crippen molar-refractivity contribution in [3.63, 3.8) is 0 Å². The van der Waals surface area contributed by atoms with Gasteiger partial charge in [-0.05, 0) is 36.4 Å². The first-order valence-corrected chi connectivity index (χ1v) is 9.50. The molecule has 0 unspecified atom stereocenters. The molecule has 0 atom stereocenters. The fourth-order valence-electron chi connectivity index (χ4n) is 3.23. The number of nitrogens with two attached hydrogens (primary N) is 1. The summed E-state index contributed by atoms with van der Waals surface area (Å²) in [6, 6.07) is 8.56. The number of H-pyrrole nitrogens is 1. The normalized spacial score (nSPS) is 14.4. The van der Waals surface area contributed by atoms with Crippen LogP contribution in [0.25, 0.3) is 5.70 Å². The quantitative estimate of drug-likeness (QED) is 0.552. The van der Waals surface area contributed by atoms with Gasteiger partial charge in [0.1, 0.15) is 5.69 Å². The topological polar surface area (TPSA) is 135 Å². The van der Waals surface area contributed by atoms with Crippen LogP contribution >= 0.6 is 0 Å². The minimum absolute atomic E-state index is 0.0725. The van der Waals surface area contributed by atoms with Crippen LogP contribution in [0.5, 0.6) is 0 Å². The third kappa shape index (κ3) is 4.75. The van der Waals surface area contributed by atoms with Gasteiger partial charge in [0, 0.05) is 68.0 Å². The molecule has 2 amide bonds. The van der Waals surface area contributed by atoms with E-state index in [9.17, 15) is 14.4 Å². The molecule has 1 aliphatic rings. The van der Waals surface area contributed by atoms with Gasteiger partial charge in [-0.1, -0.05) is 0 Å². The Morgan fingerprint density at radius 1 is 1.13 bits per heavy atom. The molecule has 0 spiro atoms. The number of rotatable bonds is 5. The summed E-state index contributed by atoms with van der Waals surface area (Å²) in [5.74, 6) is -0.337. The van der Waals surface area contributed by atoms with Gasteiger partial charge in [-0.15, -0.1) is 0 Å². The summed E-state index contributed by atoms with van der Waals surface area (Å²) in [7, 11) is 0. The van der Waals surface area contributed by atoms with Crippen molar-refractivity contribution in [1.29, 1.82) is 5.41 Å². The molecule has 0 bridgehead atoms. The molecular formula is C21H24N6O3. The zero-order valence-corrected chi connectivity index (χ0v) is 16.6. The highest BCUT2D eigenvalue weighted by Crippen LogP contribution is 2.18. The number of aromatic amines is 1. The summed E-state index contributed by atoms with van der Waals surface area (Å²) in [6.07, 6.45) is 3.85. The van der Waals surface area contributed by atoms with Crippen molar-refractivity contribution in [3.05, 3.63) is 64.1 Å². The van der Waals surface area contributed by atoms with Crippen LogP contribution in [0.2, 0.25) is 0 Å². The van der Waals surface area contributed by atoms with Crippen molar-refractivity contribution in [1.82, 2.24) is 9.88 Å². The number of anilines is 2. The molecule has 5 N–H and O–H groups in total. The first-order chi connectivity index (χ1) is 14.4. The molecule has 2 heterocycles. The standard InChI is InChI=1S/C21H24N6O3/c1-14(28)26-8-10-27(11-9-26)17-4-2-15(3-5-17)20(29)25-19-12-16(13-24-21(19)30)18(23)6-7-22/h2-7,12-13,22H,8-11,23H2,1H3,(H,24,30)(H,25,29). The largest absolute Gasteiger partial charge is 0.398 e. The van der Waals surface area contributed by atoms with Gasteiger partial charge in [0.05, 0.1) is 0 Å². The molecule has 1 aliphatic heterocycles. The Morgan fingerprint density at radius 2 is 1.80 bits per heavy atom. The fraction of sp³-hybridized carbons (Fsp3) is 0.238. The molecule has 2 aromatic rings. The van der Waals surface area contributed by atoms with E-state index in [1.165, 1.54) is 18.3 Å². The summed E-state index contributed by atoms with van der Waals surface area (Å²) in [5.41, 5.74) is 7.62. The second-order valence-electron chi connectivity index (χ2n) is 6.91. The first-order valence-electron chi connectivity index (χ1n) is 9.50. The second-order valence-corrected chi connectivity index (χ2v) is 6.91. The molecule has 0 radical (unpaired) electrons.